The third kappa shape index (κ3) is 7.92. The maximum atomic E-state index is 14.1. The molecule has 0 spiro atoms. The van der Waals surface area contributed by atoms with Gasteiger partial charge in [0.15, 0.2) is 0 Å². The summed E-state index contributed by atoms with van der Waals surface area (Å²) in [4.78, 5) is 28.4. The maximum Gasteiger partial charge on any atom is 0.264 e. The Morgan fingerprint density at radius 1 is 0.927 bits per heavy atom. The Balaban J connectivity index is 2.12. The first-order chi connectivity index (χ1) is 19.4. The number of carbonyl (C=O) groups is 2. The molecule has 0 heterocycles. The van der Waals surface area contributed by atoms with Gasteiger partial charge in [-0.2, -0.15) is 0 Å². The van der Waals surface area contributed by atoms with E-state index in [0.29, 0.717) is 10.8 Å². The van der Waals surface area contributed by atoms with Crippen molar-refractivity contribution < 1.29 is 27.5 Å². The molecule has 0 aliphatic carbocycles. The normalized spacial score (nSPS) is 12.0. The van der Waals surface area contributed by atoms with Gasteiger partial charge in [0.05, 0.1) is 24.8 Å². The third-order valence-corrected chi connectivity index (χ3v) is 8.43. The number of nitrogens with one attached hydrogen (secondary N) is 1. The van der Waals surface area contributed by atoms with Crippen molar-refractivity contribution in [1.82, 2.24) is 10.2 Å². The largest absolute Gasteiger partial charge is 0.497 e. The van der Waals surface area contributed by atoms with Gasteiger partial charge in [-0.15, -0.1) is 0 Å². The van der Waals surface area contributed by atoms with Gasteiger partial charge in [0.2, 0.25) is 11.8 Å². The van der Waals surface area contributed by atoms with Crippen molar-refractivity contribution in [2.45, 2.75) is 51.2 Å². The molecule has 1 N–H and O–H groups in total. The Hall–Kier alpha value is -3.76. The quantitative estimate of drug-likeness (QED) is 0.320. The fourth-order valence-corrected chi connectivity index (χ4v) is 5.66. The van der Waals surface area contributed by atoms with Crippen LogP contribution in [0.3, 0.4) is 0 Å². The predicted molar refractivity (Wildman–Crippen MR) is 160 cm³/mol. The summed E-state index contributed by atoms with van der Waals surface area (Å²) in [6, 6.07) is 16.8. The van der Waals surface area contributed by atoms with Gasteiger partial charge in [-0.05, 0) is 69.7 Å². The molecule has 0 fully saturated rings. The minimum Gasteiger partial charge on any atom is -0.497 e. The fraction of sp³-hybridized carbons (Fsp3) is 0.333. The van der Waals surface area contributed by atoms with Crippen LogP contribution in [-0.4, -0.2) is 58.0 Å². The van der Waals surface area contributed by atoms with Crippen LogP contribution in [0.15, 0.2) is 71.6 Å². The van der Waals surface area contributed by atoms with E-state index in [1.807, 2.05) is 20.8 Å². The minimum atomic E-state index is -4.27. The molecule has 3 aromatic carbocycles. The van der Waals surface area contributed by atoms with E-state index >= 15 is 0 Å². The van der Waals surface area contributed by atoms with E-state index in [-0.39, 0.29) is 34.8 Å². The maximum absolute atomic E-state index is 14.1. The van der Waals surface area contributed by atoms with Crippen molar-refractivity contribution in [1.29, 1.82) is 0 Å². The number of ether oxygens (including phenoxy) is 2. The molecule has 9 nitrogen and oxygen atoms in total. The number of anilines is 1. The summed E-state index contributed by atoms with van der Waals surface area (Å²) in [6.45, 7) is 6.54. The molecule has 0 unspecified atom stereocenters. The summed E-state index contributed by atoms with van der Waals surface area (Å²) in [7, 11) is -1.40. The molecule has 2 amide bonds. The van der Waals surface area contributed by atoms with Crippen molar-refractivity contribution in [3.05, 3.63) is 82.9 Å². The van der Waals surface area contributed by atoms with Gasteiger partial charge in [-0.25, -0.2) is 8.42 Å². The Kier molecular flexibility index (Phi) is 10.6. The first kappa shape index (κ1) is 31.8. The van der Waals surface area contributed by atoms with Crippen molar-refractivity contribution in [3.63, 3.8) is 0 Å². The van der Waals surface area contributed by atoms with Crippen LogP contribution in [0, 0.1) is 6.92 Å². The van der Waals surface area contributed by atoms with Gasteiger partial charge in [-0.3, -0.25) is 13.9 Å². The molecule has 0 saturated carbocycles. The molecule has 1 atom stereocenters. The van der Waals surface area contributed by atoms with E-state index in [1.54, 1.807) is 55.5 Å². The number of hydrogen-bond donors (Lipinski definition) is 1. The van der Waals surface area contributed by atoms with E-state index in [0.717, 1.165) is 15.4 Å². The summed E-state index contributed by atoms with van der Waals surface area (Å²) in [6.07, 6.45) is 0. The zero-order chi connectivity index (χ0) is 30.3. The first-order valence-corrected chi connectivity index (χ1v) is 14.8. The van der Waals surface area contributed by atoms with E-state index in [1.165, 1.54) is 37.3 Å². The SMILES string of the molecule is COc1ccc(OC)c(N(CC(=O)N(Cc2ccc(Cl)cc2)[C@@H](C)C(=O)NC(C)C)S(=O)(=O)c2ccc(C)cc2)c1. The van der Waals surface area contributed by atoms with Crippen LogP contribution in [0.5, 0.6) is 11.5 Å². The molecule has 0 aromatic heterocycles. The predicted octanol–water partition coefficient (Wildman–Crippen LogP) is 4.80. The number of halogens is 1. The second kappa shape index (κ2) is 13.7. The number of aryl methyl sites for hydroxylation is 1. The van der Waals surface area contributed by atoms with Gasteiger partial charge in [-0.1, -0.05) is 41.4 Å². The van der Waals surface area contributed by atoms with E-state index in [4.69, 9.17) is 21.1 Å². The fourth-order valence-electron chi connectivity index (χ4n) is 4.12. The monoisotopic (exact) mass is 601 g/mol. The molecule has 3 rings (SSSR count). The highest BCUT2D eigenvalue weighted by Crippen LogP contribution is 2.36. The second-order valence-corrected chi connectivity index (χ2v) is 12.1. The number of carbonyl (C=O) groups excluding carboxylic acids is 2. The van der Waals surface area contributed by atoms with E-state index in [9.17, 15) is 18.0 Å². The lowest BCUT2D eigenvalue weighted by Crippen LogP contribution is -2.52. The zero-order valence-corrected chi connectivity index (χ0v) is 25.6. The van der Waals surface area contributed by atoms with Crippen molar-refractivity contribution >= 4 is 39.1 Å². The number of amides is 2. The van der Waals surface area contributed by atoms with Gasteiger partial charge in [0.25, 0.3) is 10.0 Å². The Labute approximate surface area is 247 Å². The van der Waals surface area contributed by atoms with Crippen molar-refractivity contribution in [2.75, 3.05) is 25.1 Å². The van der Waals surface area contributed by atoms with Crippen molar-refractivity contribution in [2.24, 2.45) is 0 Å². The van der Waals surface area contributed by atoms with Gasteiger partial charge in [0.1, 0.15) is 24.1 Å². The molecule has 0 radical (unpaired) electrons. The van der Waals surface area contributed by atoms with Crippen LogP contribution in [0.25, 0.3) is 0 Å². The summed E-state index contributed by atoms with van der Waals surface area (Å²) in [5.41, 5.74) is 1.72. The zero-order valence-electron chi connectivity index (χ0n) is 24.0. The Morgan fingerprint density at radius 3 is 2.12 bits per heavy atom. The Morgan fingerprint density at radius 2 is 1.56 bits per heavy atom. The standard InChI is InChI=1S/C30H36ClN3O6S/c1-20(2)32-30(36)22(4)33(18-23-9-11-24(31)12-10-23)29(35)19-34(27-17-25(39-5)13-16-28(27)40-6)41(37,38)26-14-7-21(3)8-15-26/h7-17,20,22H,18-19H2,1-6H3,(H,32,36)/t22-/m0/s1. The second-order valence-electron chi connectivity index (χ2n) is 9.85. The highest BCUT2D eigenvalue weighted by Gasteiger charge is 2.34. The van der Waals surface area contributed by atoms with E-state index in [2.05, 4.69) is 5.32 Å². The number of sulfonamides is 1. The number of benzene rings is 3. The number of nitrogens with zero attached hydrogens (tertiary/aromatic N) is 2. The summed E-state index contributed by atoms with van der Waals surface area (Å²) >= 11 is 6.05. The van der Waals surface area contributed by atoms with Gasteiger partial charge < -0.3 is 19.7 Å². The smallest absolute Gasteiger partial charge is 0.264 e. The highest BCUT2D eigenvalue weighted by atomic mass is 35.5. The van der Waals surface area contributed by atoms with Crippen LogP contribution in [-0.2, 0) is 26.2 Å². The topological polar surface area (TPSA) is 105 Å². The third-order valence-electron chi connectivity index (χ3n) is 6.41. The van der Waals surface area contributed by atoms with Crippen LogP contribution in [0.1, 0.15) is 31.9 Å². The molecular weight excluding hydrogens is 566 g/mol. The Bertz CT molecular complexity index is 1460. The van der Waals surface area contributed by atoms with E-state index < -0.39 is 28.5 Å². The molecule has 0 saturated heterocycles. The lowest BCUT2D eigenvalue weighted by atomic mass is 10.1. The van der Waals surface area contributed by atoms with Gasteiger partial charge >= 0.3 is 0 Å². The highest BCUT2D eigenvalue weighted by molar-refractivity contribution is 7.92. The molecule has 11 heteroatoms. The average molecular weight is 602 g/mol. The summed E-state index contributed by atoms with van der Waals surface area (Å²) in [5, 5.41) is 3.36. The first-order valence-electron chi connectivity index (χ1n) is 13.0. The minimum absolute atomic E-state index is 0.00405. The van der Waals surface area contributed by atoms with Crippen LogP contribution in [0.2, 0.25) is 5.02 Å². The number of hydrogen-bond acceptors (Lipinski definition) is 6. The molecule has 0 bridgehead atoms. The number of methoxy groups -OCH3 is 2. The van der Waals surface area contributed by atoms with Crippen molar-refractivity contribution in [3.8, 4) is 11.5 Å². The molecule has 3 aromatic rings. The lowest BCUT2D eigenvalue weighted by Gasteiger charge is -2.32. The molecule has 0 aliphatic heterocycles. The molecule has 0 aliphatic rings. The van der Waals surface area contributed by atoms with Crippen LogP contribution < -0.4 is 19.1 Å². The molecular formula is C30H36ClN3O6S. The summed E-state index contributed by atoms with van der Waals surface area (Å²) in [5.74, 6) is -0.356. The van der Waals surface area contributed by atoms with Crippen LogP contribution >= 0.6 is 11.6 Å². The molecule has 220 valence electrons. The van der Waals surface area contributed by atoms with Crippen LogP contribution in [0.4, 0.5) is 5.69 Å². The molecule has 41 heavy (non-hydrogen) atoms. The lowest BCUT2D eigenvalue weighted by molar-refractivity contribution is -0.139. The van der Waals surface area contributed by atoms with Gasteiger partial charge in [0, 0.05) is 23.7 Å². The number of rotatable bonds is 12. The summed E-state index contributed by atoms with van der Waals surface area (Å²) < 4.78 is 40.0. The average Bonchev–Trinajstić information content (AvgIpc) is 2.94.